The van der Waals surface area contributed by atoms with Gasteiger partial charge in [-0.2, -0.15) is 0 Å². The number of piperidine rings is 1. The molecule has 2 aliphatic heterocycles. The second kappa shape index (κ2) is 9.28. The second-order valence-electron chi connectivity index (χ2n) is 7.94. The molecule has 4 rings (SSSR count). The molecule has 0 aliphatic carbocycles. The molecule has 2 amide bonds. The average molecular weight is 422 g/mol. The van der Waals surface area contributed by atoms with Crippen molar-refractivity contribution >= 4 is 17.4 Å². The first-order chi connectivity index (χ1) is 15.1. The minimum Gasteiger partial charge on any atom is -0.489 e. The number of nitrogens with zero attached hydrogens (tertiary/aromatic N) is 3. The van der Waals surface area contributed by atoms with Crippen LogP contribution in [0.4, 0.5) is 0 Å². The number of carbonyl (C=O) groups excluding carboxylic acids is 2. The molecule has 3 unspecified atom stereocenters. The highest BCUT2D eigenvalue weighted by Crippen LogP contribution is 2.29. The molecule has 1 aromatic heterocycles. The zero-order valence-corrected chi connectivity index (χ0v) is 17.3. The van der Waals surface area contributed by atoms with Crippen LogP contribution in [0.5, 0.6) is 5.75 Å². The van der Waals surface area contributed by atoms with E-state index < -0.39 is 17.9 Å². The van der Waals surface area contributed by atoms with Crippen LogP contribution >= 0.6 is 0 Å². The molecule has 1 aromatic carbocycles. The summed E-state index contributed by atoms with van der Waals surface area (Å²) in [6.07, 6.45) is 5.35. The van der Waals surface area contributed by atoms with Crippen LogP contribution in [0.1, 0.15) is 12.0 Å². The molecular weight excluding hydrogens is 396 g/mol. The molecule has 0 bridgehead atoms. The predicted molar refractivity (Wildman–Crippen MR) is 114 cm³/mol. The van der Waals surface area contributed by atoms with Crippen molar-refractivity contribution in [2.75, 3.05) is 26.7 Å². The number of amides is 2. The van der Waals surface area contributed by atoms with Crippen molar-refractivity contribution in [2.24, 2.45) is 5.92 Å². The van der Waals surface area contributed by atoms with Gasteiger partial charge in [0.1, 0.15) is 17.9 Å². The summed E-state index contributed by atoms with van der Waals surface area (Å²) in [6, 6.07) is 12.8. The molecule has 8 heteroatoms. The lowest BCUT2D eigenvalue weighted by Crippen LogP contribution is -2.60. The molecule has 2 aromatic rings. The van der Waals surface area contributed by atoms with Gasteiger partial charge >= 0.3 is 0 Å². The molecule has 2 N–H and O–H groups in total. The Hall–Kier alpha value is -3.23. The molecule has 3 atom stereocenters. The van der Waals surface area contributed by atoms with E-state index in [1.807, 2.05) is 48.4 Å². The van der Waals surface area contributed by atoms with E-state index in [-0.39, 0.29) is 12.0 Å². The molecule has 31 heavy (non-hydrogen) atoms. The molecule has 2 aliphatic rings. The van der Waals surface area contributed by atoms with Gasteiger partial charge in [-0.1, -0.05) is 36.4 Å². The second-order valence-corrected chi connectivity index (χ2v) is 7.94. The fourth-order valence-electron chi connectivity index (χ4n) is 4.39. The fraction of sp³-hybridized carbons (Fsp3) is 0.348. The van der Waals surface area contributed by atoms with Gasteiger partial charge in [-0.3, -0.25) is 24.7 Å². The Morgan fingerprint density at radius 1 is 1.16 bits per heavy atom. The predicted octanol–water partition coefficient (Wildman–Crippen LogP) is 1.58. The van der Waals surface area contributed by atoms with Crippen molar-refractivity contribution in [1.29, 1.82) is 0 Å². The summed E-state index contributed by atoms with van der Waals surface area (Å²) in [5, 5.41) is 9.30. The number of likely N-dealkylation sites (tertiary alicyclic amines) is 1. The van der Waals surface area contributed by atoms with Crippen molar-refractivity contribution in [1.82, 2.24) is 20.3 Å². The largest absolute Gasteiger partial charge is 0.489 e. The Bertz CT molecular complexity index is 951. The zero-order chi connectivity index (χ0) is 21.8. The minimum atomic E-state index is -0.733. The summed E-state index contributed by atoms with van der Waals surface area (Å²) >= 11 is 0. The van der Waals surface area contributed by atoms with Crippen molar-refractivity contribution < 1.29 is 19.5 Å². The Morgan fingerprint density at radius 3 is 2.61 bits per heavy atom. The number of ether oxygens (including phenoxy) is 1. The van der Waals surface area contributed by atoms with E-state index in [4.69, 9.17) is 4.74 Å². The minimum absolute atomic E-state index is 0.124. The summed E-state index contributed by atoms with van der Waals surface area (Å²) < 4.78 is 6.00. The number of benzene rings is 1. The lowest BCUT2D eigenvalue weighted by molar-refractivity contribution is -0.150. The smallest absolute Gasteiger partial charge is 0.248 e. The third-order valence-electron chi connectivity index (χ3n) is 5.89. The van der Waals surface area contributed by atoms with E-state index in [9.17, 15) is 14.8 Å². The van der Waals surface area contributed by atoms with Crippen LogP contribution in [-0.2, 0) is 9.59 Å². The SMILES string of the molecule is CN1CC(Oc2ccncc2)CC(C(=O)NO)C1C(=O)N1CC=C(c2ccccc2)C1. The maximum absolute atomic E-state index is 13.4. The van der Waals surface area contributed by atoms with Crippen LogP contribution in [0.25, 0.3) is 5.57 Å². The fourth-order valence-corrected chi connectivity index (χ4v) is 4.39. The Labute approximate surface area is 181 Å². The standard InChI is InChI=1S/C23H26N4O4/c1-26-15-19(31-18-7-10-24-11-8-18)13-20(22(28)25-30)21(26)23(29)27-12-9-17(14-27)16-5-3-2-4-6-16/h2-11,19-21,30H,12-15H2,1H3,(H,25,28). The van der Waals surface area contributed by atoms with Crippen LogP contribution in [0.3, 0.4) is 0 Å². The molecule has 3 heterocycles. The van der Waals surface area contributed by atoms with Gasteiger partial charge in [0.05, 0.1) is 5.92 Å². The molecule has 0 spiro atoms. The van der Waals surface area contributed by atoms with Crippen LogP contribution in [0.15, 0.2) is 60.9 Å². The molecule has 1 fully saturated rings. The maximum atomic E-state index is 13.4. The van der Waals surface area contributed by atoms with E-state index in [0.29, 0.717) is 31.8 Å². The summed E-state index contributed by atoms with van der Waals surface area (Å²) in [6.45, 7) is 1.48. The number of hydrogen-bond donors (Lipinski definition) is 2. The van der Waals surface area contributed by atoms with Crippen LogP contribution < -0.4 is 10.2 Å². The Kier molecular flexibility index (Phi) is 6.29. The van der Waals surface area contributed by atoms with Crippen molar-refractivity contribution in [3.8, 4) is 5.75 Å². The van der Waals surface area contributed by atoms with E-state index in [0.717, 1.165) is 11.1 Å². The number of pyridine rings is 1. The van der Waals surface area contributed by atoms with Crippen LogP contribution in [0.2, 0.25) is 0 Å². The highest BCUT2D eigenvalue weighted by atomic mass is 16.5. The van der Waals surface area contributed by atoms with E-state index in [1.165, 1.54) is 0 Å². The molecule has 162 valence electrons. The van der Waals surface area contributed by atoms with Gasteiger partial charge < -0.3 is 9.64 Å². The maximum Gasteiger partial charge on any atom is 0.248 e. The van der Waals surface area contributed by atoms with Gasteiger partial charge in [-0.05, 0) is 36.7 Å². The van der Waals surface area contributed by atoms with Gasteiger partial charge in [0.15, 0.2) is 0 Å². The average Bonchev–Trinajstić information content (AvgIpc) is 3.29. The summed E-state index contributed by atoms with van der Waals surface area (Å²) in [5.74, 6) is -0.786. The Morgan fingerprint density at radius 2 is 1.90 bits per heavy atom. The van der Waals surface area contributed by atoms with Gasteiger partial charge in [0.2, 0.25) is 11.8 Å². The molecule has 0 radical (unpaired) electrons. The number of rotatable bonds is 5. The summed E-state index contributed by atoms with van der Waals surface area (Å²) in [4.78, 5) is 33.5. The van der Waals surface area contributed by atoms with Gasteiger partial charge in [-0.25, -0.2) is 5.48 Å². The highest BCUT2D eigenvalue weighted by Gasteiger charge is 2.45. The quantitative estimate of drug-likeness (QED) is 0.561. The van der Waals surface area contributed by atoms with Crippen molar-refractivity contribution in [3.63, 3.8) is 0 Å². The monoisotopic (exact) mass is 422 g/mol. The highest BCUT2D eigenvalue weighted by molar-refractivity contribution is 5.91. The first kappa shape index (κ1) is 21.0. The van der Waals surface area contributed by atoms with Crippen LogP contribution in [0, 0.1) is 5.92 Å². The summed E-state index contributed by atoms with van der Waals surface area (Å²) in [7, 11) is 1.81. The number of aromatic nitrogens is 1. The van der Waals surface area contributed by atoms with Crippen molar-refractivity contribution in [3.05, 3.63) is 66.5 Å². The lowest BCUT2D eigenvalue weighted by atomic mass is 9.86. The topological polar surface area (TPSA) is 95.0 Å². The third-order valence-corrected chi connectivity index (χ3v) is 5.89. The number of carbonyl (C=O) groups is 2. The van der Waals surface area contributed by atoms with Gasteiger partial charge in [-0.15, -0.1) is 0 Å². The third kappa shape index (κ3) is 4.60. The molecule has 8 nitrogen and oxygen atoms in total. The Balaban J connectivity index is 1.47. The molecule has 0 saturated carbocycles. The first-order valence-electron chi connectivity index (χ1n) is 10.3. The summed E-state index contributed by atoms with van der Waals surface area (Å²) in [5.41, 5.74) is 3.92. The zero-order valence-electron chi connectivity index (χ0n) is 17.3. The van der Waals surface area contributed by atoms with Gasteiger partial charge in [0.25, 0.3) is 0 Å². The normalized spacial score (nSPS) is 23.9. The van der Waals surface area contributed by atoms with Gasteiger partial charge in [0, 0.05) is 32.0 Å². The van der Waals surface area contributed by atoms with E-state index in [2.05, 4.69) is 4.98 Å². The van der Waals surface area contributed by atoms with E-state index >= 15 is 0 Å². The van der Waals surface area contributed by atoms with E-state index in [1.54, 1.807) is 34.9 Å². The number of nitrogens with one attached hydrogen (secondary N) is 1. The number of likely N-dealkylation sites (N-methyl/N-ethyl adjacent to an activating group) is 1. The molecule has 1 saturated heterocycles. The molecular formula is C23H26N4O4. The van der Waals surface area contributed by atoms with Crippen LogP contribution in [-0.4, -0.2) is 70.6 Å². The van der Waals surface area contributed by atoms with Crippen molar-refractivity contribution in [2.45, 2.75) is 18.6 Å². The number of hydrogen-bond acceptors (Lipinski definition) is 6. The lowest BCUT2D eigenvalue weighted by Gasteiger charge is -2.42. The number of hydroxylamine groups is 1. The first-order valence-corrected chi connectivity index (χ1v) is 10.3.